The molecule has 0 bridgehead atoms. The van der Waals surface area contributed by atoms with Crippen LogP contribution in [0.2, 0.25) is 0 Å². The predicted octanol–water partition coefficient (Wildman–Crippen LogP) is 1.31. The standard InChI is InChI=1S/C17H15N7O2S/c25-16-5-4-15(23-8-2-6-19-23)22-24(16)9-7-18-17(26)13-11-12(20-21-13)14-3-1-10-27-14/h1-6,8,10-11H,7,9H2,(H,18,26)(H,20,21). The van der Waals surface area contributed by atoms with Gasteiger partial charge in [0, 0.05) is 25.0 Å². The quantitative estimate of drug-likeness (QED) is 0.523. The minimum Gasteiger partial charge on any atom is -0.349 e. The molecule has 27 heavy (non-hydrogen) atoms. The zero-order valence-electron chi connectivity index (χ0n) is 14.1. The smallest absolute Gasteiger partial charge is 0.271 e. The zero-order valence-corrected chi connectivity index (χ0v) is 14.9. The normalized spacial score (nSPS) is 10.8. The fourth-order valence-electron chi connectivity index (χ4n) is 2.49. The fraction of sp³-hybridized carbons (Fsp3) is 0.118. The number of H-pyrrole nitrogens is 1. The van der Waals surface area contributed by atoms with Gasteiger partial charge in [0.15, 0.2) is 11.5 Å². The van der Waals surface area contributed by atoms with Gasteiger partial charge in [0.1, 0.15) is 0 Å². The van der Waals surface area contributed by atoms with E-state index in [4.69, 9.17) is 0 Å². The van der Waals surface area contributed by atoms with Crippen molar-refractivity contribution in [3.8, 4) is 16.4 Å². The Kier molecular flexibility index (Phi) is 4.62. The Hall–Kier alpha value is -3.53. The van der Waals surface area contributed by atoms with Crippen LogP contribution in [0.3, 0.4) is 0 Å². The van der Waals surface area contributed by atoms with Crippen LogP contribution in [0.4, 0.5) is 0 Å². The molecule has 0 saturated heterocycles. The summed E-state index contributed by atoms with van der Waals surface area (Å²) >= 11 is 1.56. The third kappa shape index (κ3) is 3.70. The number of carbonyl (C=O) groups excluding carboxylic acids is 1. The van der Waals surface area contributed by atoms with Crippen molar-refractivity contribution in [2.75, 3.05) is 6.54 Å². The maximum Gasteiger partial charge on any atom is 0.271 e. The molecule has 0 unspecified atom stereocenters. The highest BCUT2D eigenvalue weighted by Crippen LogP contribution is 2.22. The topological polar surface area (TPSA) is 110 Å². The molecule has 0 aromatic carbocycles. The fourth-order valence-corrected chi connectivity index (χ4v) is 3.18. The summed E-state index contributed by atoms with van der Waals surface area (Å²) in [5.74, 6) is 0.212. The summed E-state index contributed by atoms with van der Waals surface area (Å²) in [7, 11) is 0. The van der Waals surface area contributed by atoms with Crippen molar-refractivity contribution in [1.29, 1.82) is 0 Å². The van der Waals surface area contributed by atoms with Gasteiger partial charge in [0.25, 0.3) is 11.5 Å². The molecule has 10 heteroatoms. The molecule has 2 N–H and O–H groups in total. The Balaban J connectivity index is 1.39. The lowest BCUT2D eigenvalue weighted by Gasteiger charge is -2.07. The minimum absolute atomic E-state index is 0.238. The molecule has 0 atom stereocenters. The van der Waals surface area contributed by atoms with E-state index in [1.807, 2.05) is 17.5 Å². The van der Waals surface area contributed by atoms with Crippen molar-refractivity contribution < 1.29 is 4.79 Å². The summed E-state index contributed by atoms with van der Waals surface area (Å²) in [5.41, 5.74) is 0.837. The molecule has 1 amide bonds. The molecule has 0 radical (unpaired) electrons. The molecular weight excluding hydrogens is 366 g/mol. The number of amides is 1. The molecule has 0 saturated carbocycles. The Morgan fingerprint density at radius 1 is 1.26 bits per heavy atom. The van der Waals surface area contributed by atoms with E-state index in [1.54, 1.807) is 46.6 Å². The van der Waals surface area contributed by atoms with Crippen LogP contribution in [0.25, 0.3) is 16.4 Å². The van der Waals surface area contributed by atoms with Crippen molar-refractivity contribution in [3.05, 3.63) is 70.2 Å². The second kappa shape index (κ2) is 7.38. The van der Waals surface area contributed by atoms with E-state index in [0.29, 0.717) is 11.5 Å². The zero-order chi connectivity index (χ0) is 18.6. The summed E-state index contributed by atoms with van der Waals surface area (Å²) in [6.07, 6.45) is 3.37. The molecule has 0 aliphatic rings. The van der Waals surface area contributed by atoms with Crippen LogP contribution in [0.1, 0.15) is 10.5 Å². The Morgan fingerprint density at radius 3 is 2.96 bits per heavy atom. The molecule has 4 heterocycles. The maximum atomic E-state index is 12.2. The van der Waals surface area contributed by atoms with E-state index in [1.165, 1.54) is 10.7 Å². The van der Waals surface area contributed by atoms with E-state index in [9.17, 15) is 9.59 Å². The lowest BCUT2D eigenvalue weighted by Crippen LogP contribution is -2.32. The molecule has 136 valence electrons. The second-order valence-corrected chi connectivity index (χ2v) is 6.55. The van der Waals surface area contributed by atoms with E-state index < -0.39 is 0 Å². The Labute approximate surface area is 157 Å². The summed E-state index contributed by atoms with van der Waals surface area (Å²) in [4.78, 5) is 25.2. The predicted molar refractivity (Wildman–Crippen MR) is 99.9 cm³/mol. The van der Waals surface area contributed by atoms with Crippen LogP contribution >= 0.6 is 11.3 Å². The SMILES string of the molecule is O=C(NCCn1nc(-n2cccn2)ccc1=O)c1cc(-c2cccs2)[nH]n1. The summed E-state index contributed by atoms with van der Waals surface area (Å²) in [6.45, 7) is 0.484. The van der Waals surface area contributed by atoms with Gasteiger partial charge >= 0.3 is 0 Å². The highest BCUT2D eigenvalue weighted by Gasteiger charge is 2.12. The van der Waals surface area contributed by atoms with E-state index in [-0.39, 0.29) is 24.6 Å². The number of aromatic amines is 1. The van der Waals surface area contributed by atoms with Crippen molar-refractivity contribution in [2.24, 2.45) is 0 Å². The van der Waals surface area contributed by atoms with Crippen LogP contribution in [0, 0.1) is 0 Å². The van der Waals surface area contributed by atoms with Gasteiger partial charge in [0.2, 0.25) is 0 Å². The largest absolute Gasteiger partial charge is 0.349 e. The number of thiophene rings is 1. The summed E-state index contributed by atoms with van der Waals surface area (Å²) in [5, 5.41) is 19.9. The third-order valence-electron chi connectivity index (χ3n) is 3.80. The van der Waals surface area contributed by atoms with Gasteiger partial charge < -0.3 is 5.32 Å². The van der Waals surface area contributed by atoms with E-state index in [0.717, 1.165) is 10.6 Å². The minimum atomic E-state index is -0.315. The average molecular weight is 381 g/mol. The van der Waals surface area contributed by atoms with Crippen LogP contribution in [-0.2, 0) is 6.54 Å². The van der Waals surface area contributed by atoms with Crippen molar-refractivity contribution in [1.82, 2.24) is 35.1 Å². The molecule has 0 aliphatic carbocycles. The molecule has 4 rings (SSSR count). The first-order valence-electron chi connectivity index (χ1n) is 8.16. The first-order valence-corrected chi connectivity index (χ1v) is 9.04. The van der Waals surface area contributed by atoms with Crippen molar-refractivity contribution >= 4 is 17.2 Å². The summed E-state index contributed by atoms with van der Waals surface area (Å²) in [6, 6.07) is 10.4. The monoisotopic (exact) mass is 381 g/mol. The van der Waals surface area contributed by atoms with Gasteiger partial charge in [-0.2, -0.15) is 10.2 Å². The van der Waals surface area contributed by atoms with Crippen LogP contribution in [0.15, 0.2) is 59.0 Å². The number of hydrogen-bond donors (Lipinski definition) is 2. The van der Waals surface area contributed by atoms with E-state index >= 15 is 0 Å². The average Bonchev–Trinajstić information content (AvgIpc) is 3.43. The molecule has 4 aromatic heterocycles. The van der Waals surface area contributed by atoms with Gasteiger partial charge in [-0.25, -0.2) is 9.36 Å². The third-order valence-corrected chi connectivity index (χ3v) is 4.70. The molecule has 4 aromatic rings. The lowest BCUT2D eigenvalue weighted by atomic mass is 10.3. The van der Waals surface area contributed by atoms with Crippen molar-refractivity contribution in [3.63, 3.8) is 0 Å². The Morgan fingerprint density at radius 2 is 2.19 bits per heavy atom. The first-order chi connectivity index (χ1) is 13.2. The van der Waals surface area contributed by atoms with Gasteiger partial charge in [-0.1, -0.05) is 6.07 Å². The van der Waals surface area contributed by atoms with Crippen LogP contribution in [-0.4, -0.2) is 42.2 Å². The molecule has 0 spiro atoms. The maximum absolute atomic E-state index is 12.2. The van der Waals surface area contributed by atoms with Gasteiger partial charge in [-0.3, -0.25) is 14.7 Å². The number of rotatable bonds is 6. The lowest BCUT2D eigenvalue weighted by molar-refractivity contribution is 0.0946. The first kappa shape index (κ1) is 16.9. The molecular formula is C17H15N7O2S. The van der Waals surface area contributed by atoms with Gasteiger partial charge in [-0.05, 0) is 29.6 Å². The highest BCUT2D eigenvalue weighted by atomic mass is 32.1. The number of hydrogen-bond acceptors (Lipinski definition) is 6. The van der Waals surface area contributed by atoms with Crippen molar-refractivity contribution in [2.45, 2.75) is 6.54 Å². The van der Waals surface area contributed by atoms with E-state index in [2.05, 4.69) is 25.7 Å². The Bertz CT molecular complexity index is 1100. The number of nitrogens with one attached hydrogen (secondary N) is 2. The number of aromatic nitrogens is 6. The van der Waals surface area contributed by atoms with Crippen LogP contribution < -0.4 is 10.9 Å². The highest BCUT2D eigenvalue weighted by molar-refractivity contribution is 7.13. The number of nitrogens with zero attached hydrogens (tertiary/aromatic N) is 5. The molecule has 9 nitrogen and oxygen atoms in total. The second-order valence-electron chi connectivity index (χ2n) is 5.60. The van der Waals surface area contributed by atoms with Gasteiger partial charge in [0.05, 0.1) is 17.1 Å². The van der Waals surface area contributed by atoms with Crippen LogP contribution in [0.5, 0.6) is 0 Å². The number of carbonyl (C=O) groups is 1. The molecule has 0 aliphatic heterocycles. The summed E-state index contributed by atoms with van der Waals surface area (Å²) < 4.78 is 2.85. The van der Waals surface area contributed by atoms with Gasteiger partial charge in [-0.15, -0.1) is 16.4 Å². The molecule has 0 fully saturated rings.